The Labute approximate surface area is 126 Å². The molecule has 0 aromatic rings. The van der Waals surface area contributed by atoms with Gasteiger partial charge in [0.1, 0.15) is 0 Å². The first kappa shape index (κ1) is 14.1. The summed E-state index contributed by atoms with van der Waals surface area (Å²) in [7, 11) is 0. The highest BCUT2D eigenvalue weighted by Crippen LogP contribution is 2.35. The fourth-order valence-corrected chi connectivity index (χ4v) is 4.18. The summed E-state index contributed by atoms with van der Waals surface area (Å²) >= 11 is 5.53. The number of nitrogens with one attached hydrogen (secondary N) is 2. The second-order valence-electron chi connectivity index (χ2n) is 6.43. The summed E-state index contributed by atoms with van der Waals surface area (Å²) in [5.41, 5.74) is 0. The van der Waals surface area contributed by atoms with Crippen molar-refractivity contribution in [2.24, 2.45) is 5.92 Å². The third-order valence-corrected chi connectivity index (χ3v) is 5.19. The highest BCUT2D eigenvalue weighted by molar-refractivity contribution is 7.80. The molecule has 2 saturated heterocycles. The van der Waals surface area contributed by atoms with Crippen molar-refractivity contribution in [1.29, 1.82) is 0 Å². The van der Waals surface area contributed by atoms with E-state index >= 15 is 0 Å². The maximum absolute atomic E-state index is 11.9. The largest absolute Gasteiger partial charge is 0.363 e. The quantitative estimate of drug-likeness (QED) is 0.779. The van der Waals surface area contributed by atoms with Crippen molar-refractivity contribution in [3.63, 3.8) is 0 Å². The molecule has 2 N–H and O–H groups in total. The minimum Gasteiger partial charge on any atom is -0.363 e. The van der Waals surface area contributed by atoms with Crippen molar-refractivity contribution in [2.45, 2.75) is 70.0 Å². The van der Waals surface area contributed by atoms with Crippen molar-refractivity contribution >= 4 is 23.2 Å². The molecule has 0 spiro atoms. The van der Waals surface area contributed by atoms with Crippen LogP contribution in [0.4, 0.5) is 0 Å². The number of piperidine rings is 2. The first-order chi connectivity index (χ1) is 9.69. The van der Waals surface area contributed by atoms with Crippen LogP contribution in [0.3, 0.4) is 0 Å². The number of fused-ring (bicyclic) bond motifs is 2. The van der Waals surface area contributed by atoms with Crippen molar-refractivity contribution in [1.82, 2.24) is 15.5 Å². The van der Waals surface area contributed by atoms with Crippen LogP contribution < -0.4 is 10.6 Å². The minimum atomic E-state index is 0.288. The summed E-state index contributed by atoms with van der Waals surface area (Å²) in [6.45, 7) is 2.97. The van der Waals surface area contributed by atoms with Gasteiger partial charge in [0.05, 0.1) is 0 Å². The Morgan fingerprint density at radius 3 is 2.40 bits per heavy atom. The number of hydrogen-bond acceptors (Lipinski definition) is 2. The first-order valence-corrected chi connectivity index (χ1v) is 8.46. The molecule has 5 heteroatoms. The molecule has 4 nitrogen and oxygen atoms in total. The zero-order valence-corrected chi connectivity index (χ0v) is 13.0. The molecule has 1 saturated carbocycles. The Morgan fingerprint density at radius 2 is 1.85 bits per heavy atom. The number of hydrogen-bond donors (Lipinski definition) is 2. The lowest BCUT2D eigenvalue weighted by molar-refractivity contribution is -0.123. The van der Waals surface area contributed by atoms with Crippen molar-refractivity contribution < 1.29 is 4.79 Å². The van der Waals surface area contributed by atoms with E-state index in [9.17, 15) is 4.79 Å². The van der Waals surface area contributed by atoms with E-state index < -0.39 is 0 Å². The van der Waals surface area contributed by atoms with Gasteiger partial charge in [-0.05, 0) is 64.1 Å². The molecule has 2 heterocycles. The van der Waals surface area contributed by atoms with Gasteiger partial charge in [-0.2, -0.15) is 0 Å². The van der Waals surface area contributed by atoms with Gasteiger partial charge < -0.3 is 15.5 Å². The van der Waals surface area contributed by atoms with E-state index in [-0.39, 0.29) is 5.91 Å². The molecule has 2 aliphatic heterocycles. The summed E-state index contributed by atoms with van der Waals surface area (Å²) in [6, 6.07) is 1.39. The van der Waals surface area contributed by atoms with Gasteiger partial charge in [0, 0.05) is 30.6 Å². The average molecular weight is 295 g/mol. The van der Waals surface area contributed by atoms with E-state index in [2.05, 4.69) is 22.5 Å². The van der Waals surface area contributed by atoms with Crippen LogP contribution in [0.25, 0.3) is 0 Å². The van der Waals surface area contributed by atoms with E-state index in [4.69, 9.17) is 12.2 Å². The molecule has 2 atom stereocenters. The van der Waals surface area contributed by atoms with Crippen LogP contribution >= 0.6 is 12.2 Å². The second-order valence-corrected chi connectivity index (χ2v) is 6.82. The monoisotopic (exact) mass is 295 g/mol. The lowest BCUT2D eigenvalue weighted by Gasteiger charge is -2.50. The van der Waals surface area contributed by atoms with Gasteiger partial charge in [0.15, 0.2) is 5.11 Å². The Balaban J connectivity index is 1.62. The fraction of sp³-hybridized carbons (Fsp3) is 0.867. The standard InChI is InChI=1S/C15H25N3OS/c1-2-16-15(20)18-12-4-3-5-13(18)9-11(8-12)17-14(19)10-6-7-10/h10-13H,2-9H2,1H3,(H,16,20)(H,17,19)/t12-,13-/m0/s1. The van der Waals surface area contributed by atoms with Gasteiger partial charge >= 0.3 is 0 Å². The molecule has 0 aromatic carbocycles. The molecule has 3 aliphatic rings. The van der Waals surface area contributed by atoms with Crippen molar-refractivity contribution in [3.05, 3.63) is 0 Å². The molecule has 1 amide bonds. The maximum atomic E-state index is 11.9. The van der Waals surface area contributed by atoms with Crippen LogP contribution in [0.15, 0.2) is 0 Å². The Bertz CT molecular complexity index is 383. The van der Waals surface area contributed by atoms with E-state index in [1.807, 2.05) is 0 Å². The van der Waals surface area contributed by atoms with Crippen LogP contribution in [0.2, 0.25) is 0 Å². The van der Waals surface area contributed by atoms with E-state index in [0.29, 0.717) is 24.0 Å². The molecular formula is C15H25N3OS. The Kier molecular flexibility index (Phi) is 4.15. The van der Waals surface area contributed by atoms with E-state index in [0.717, 1.165) is 37.3 Å². The van der Waals surface area contributed by atoms with E-state index in [1.165, 1.54) is 19.3 Å². The number of thiocarbonyl (C=S) groups is 1. The SMILES string of the molecule is CCNC(=S)N1[C@H]2CCC[C@H]1CC(NC(=O)C1CC1)C2. The highest BCUT2D eigenvalue weighted by atomic mass is 32.1. The maximum Gasteiger partial charge on any atom is 0.223 e. The minimum absolute atomic E-state index is 0.288. The Hall–Kier alpha value is -0.840. The number of nitrogens with zero attached hydrogens (tertiary/aromatic N) is 1. The molecule has 3 fully saturated rings. The molecule has 0 unspecified atom stereocenters. The highest BCUT2D eigenvalue weighted by Gasteiger charge is 2.41. The van der Waals surface area contributed by atoms with Gasteiger partial charge in [-0.3, -0.25) is 4.79 Å². The Morgan fingerprint density at radius 1 is 1.20 bits per heavy atom. The normalized spacial score (nSPS) is 32.6. The zero-order valence-electron chi connectivity index (χ0n) is 12.2. The molecule has 3 rings (SSSR count). The lowest BCUT2D eigenvalue weighted by Crippen LogP contribution is -2.60. The summed E-state index contributed by atoms with van der Waals surface area (Å²) in [5, 5.41) is 7.48. The molecule has 0 radical (unpaired) electrons. The van der Waals surface area contributed by atoms with Gasteiger partial charge in [-0.1, -0.05) is 0 Å². The topological polar surface area (TPSA) is 44.4 Å². The number of carbonyl (C=O) groups is 1. The lowest BCUT2D eigenvalue weighted by atomic mass is 9.82. The molecule has 0 aromatic heterocycles. The smallest absolute Gasteiger partial charge is 0.223 e. The molecular weight excluding hydrogens is 270 g/mol. The summed E-state index contributed by atoms with van der Waals surface area (Å²) in [4.78, 5) is 14.4. The summed E-state index contributed by atoms with van der Waals surface area (Å²) in [5.74, 6) is 0.603. The molecule has 112 valence electrons. The number of amides is 1. The first-order valence-electron chi connectivity index (χ1n) is 8.05. The van der Waals surface area contributed by atoms with Crippen LogP contribution in [0.1, 0.15) is 51.9 Å². The molecule has 20 heavy (non-hydrogen) atoms. The fourth-order valence-electron chi connectivity index (χ4n) is 3.74. The summed E-state index contributed by atoms with van der Waals surface area (Å²) < 4.78 is 0. The number of carbonyl (C=O) groups excluding carboxylic acids is 1. The van der Waals surface area contributed by atoms with Gasteiger partial charge in [0.2, 0.25) is 5.91 Å². The van der Waals surface area contributed by atoms with Gasteiger partial charge in [-0.25, -0.2) is 0 Å². The third-order valence-electron chi connectivity index (χ3n) is 4.83. The van der Waals surface area contributed by atoms with Crippen LogP contribution in [-0.4, -0.2) is 40.6 Å². The van der Waals surface area contributed by atoms with Crippen molar-refractivity contribution in [3.8, 4) is 0 Å². The molecule has 1 aliphatic carbocycles. The van der Waals surface area contributed by atoms with Gasteiger partial charge in [-0.15, -0.1) is 0 Å². The van der Waals surface area contributed by atoms with E-state index in [1.54, 1.807) is 0 Å². The van der Waals surface area contributed by atoms with Crippen LogP contribution in [-0.2, 0) is 4.79 Å². The van der Waals surface area contributed by atoms with Crippen molar-refractivity contribution in [2.75, 3.05) is 6.54 Å². The van der Waals surface area contributed by atoms with Gasteiger partial charge in [0.25, 0.3) is 0 Å². The number of rotatable bonds is 3. The summed E-state index contributed by atoms with van der Waals surface area (Å²) in [6.07, 6.45) is 7.99. The zero-order chi connectivity index (χ0) is 14.1. The van der Waals surface area contributed by atoms with Crippen LogP contribution in [0, 0.1) is 5.92 Å². The average Bonchev–Trinajstić information content (AvgIpc) is 3.22. The third kappa shape index (κ3) is 2.92. The predicted octanol–water partition coefficient (Wildman–Crippen LogP) is 1.79. The molecule has 2 bridgehead atoms. The second kappa shape index (κ2) is 5.88. The predicted molar refractivity (Wildman–Crippen MR) is 83.4 cm³/mol. The van der Waals surface area contributed by atoms with Crippen LogP contribution in [0.5, 0.6) is 0 Å².